The minimum Gasteiger partial charge on any atom is -0.481 e. The van der Waals surface area contributed by atoms with Crippen molar-refractivity contribution in [3.63, 3.8) is 0 Å². The average molecular weight is 174 g/mol. The van der Waals surface area contributed by atoms with Crippen LogP contribution in [0.4, 0.5) is 0 Å². The van der Waals surface area contributed by atoms with E-state index in [1.807, 2.05) is 0 Å². The van der Waals surface area contributed by atoms with Gasteiger partial charge < -0.3 is 10.2 Å². The van der Waals surface area contributed by atoms with Crippen LogP contribution in [0, 0.1) is 0 Å². The predicted molar refractivity (Wildman–Crippen MR) is 40.8 cm³/mol. The molecular weight excluding hydrogens is 164 g/mol. The van der Waals surface area contributed by atoms with Gasteiger partial charge in [-0.05, 0) is 0 Å². The molecule has 0 rings (SSSR count). The van der Waals surface area contributed by atoms with Crippen molar-refractivity contribution >= 4 is 17.7 Å². The predicted octanol–water partition coefficient (Wildman–Crippen LogP) is 0.307. The number of carbonyl (C=O) groups excluding carboxylic acids is 1. The fourth-order valence-corrected chi connectivity index (χ4v) is 0.327. The molecule has 0 aliphatic heterocycles. The van der Waals surface area contributed by atoms with Crippen LogP contribution in [0.3, 0.4) is 0 Å². The van der Waals surface area contributed by atoms with Gasteiger partial charge in [-0.25, -0.2) is 4.79 Å². The molecule has 12 heavy (non-hydrogen) atoms. The summed E-state index contributed by atoms with van der Waals surface area (Å²) in [6.07, 6.45) is -0.865. The minimum absolute atomic E-state index is 0.425. The van der Waals surface area contributed by atoms with Gasteiger partial charge in [0.05, 0.1) is 6.42 Å². The maximum Gasteiger partial charge on any atom is 0.372 e. The molecule has 0 saturated heterocycles. The number of carbonyl (C=O) groups is 3. The molecule has 5 heteroatoms. The van der Waals surface area contributed by atoms with Crippen LogP contribution in [-0.4, -0.2) is 27.9 Å². The Morgan fingerprint density at radius 2 is 1.42 bits per heavy atom. The van der Waals surface area contributed by atoms with E-state index in [0.29, 0.717) is 0 Å². The SMILES string of the molecule is C=C.O=C(O)CCC(=O)C(=O)O. The first-order valence-electron chi connectivity index (χ1n) is 3.02. The Morgan fingerprint density at radius 3 is 1.67 bits per heavy atom. The molecule has 0 unspecified atom stereocenters. The molecule has 2 N–H and O–H groups in total. The van der Waals surface area contributed by atoms with Crippen molar-refractivity contribution in [2.45, 2.75) is 12.8 Å². The number of rotatable bonds is 4. The third-order valence-electron chi connectivity index (χ3n) is 0.804. The number of hydrogen-bond donors (Lipinski definition) is 2. The van der Waals surface area contributed by atoms with Gasteiger partial charge in [0.2, 0.25) is 5.78 Å². The van der Waals surface area contributed by atoms with Crippen molar-refractivity contribution in [1.29, 1.82) is 0 Å². The highest BCUT2D eigenvalue weighted by Gasteiger charge is 2.12. The molecule has 5 nitrogen and oxygen atoms in total. The lowest BCUT2D eigenvalue weighted by Gasteiger charge is -1.88. The molecule has 0 fully saturated rings. The van der Waals surface area contributed by atoms with E-state index in [9.17, 15) is 14.4 Å². The third-order valence-corrected chi connectivity index (χ3v) is 0.804. The van der Waals surface area contributed by atoms with E-state index in [1.165, 1.54) is 0 Å². The summed E-state index contributed by atoms with van der Waals surface area (Å²) in [4.78, 5) is 29.7. The standard InChI is InChI=1S/C5H6O5.C2H4/c6-3(5(9)10)1-2-4(7)8;1-2/h1-2H2,(H,7,8)(H,9,10);1-2H2. The fraction of sp³-hybridized carbons (Fsp3) is 0.286. The summed E-state index contributed by atoms with van der Waals surface area (Å²) >= 11 is 0. The van der Waals surface area contributed by atoms with E-state index in [-0.39, 0.29) is 0 Å². The maximum atomic E-state index is 10.2. The van der Waals surface area contributed by atoms with Gasteiger partial charge in [-0.15, -0.1) is 13.2 Å². The quantitative estimate of drug-likeness (QED) is 0.472. The van der Waals surface area contributed by atoms with E-state index in [0.717, 1.165) is 0 Å². The fourth-order valence-electron chi connectivity index (χ4n) is 0.327. The normalized spacial score (nSPS) is 7.67. The summed E-state index contributed by atoms with van der Waals surface area (Å²) in [5, 5.41) is 16.0. The molecule has 0 aromatic carbocycles. The molecule has 0 atom stereocenters. The van der Waals surface area contributed by atoms with E-state index < -0.39 is 30.6 Å². The van der Waals surface area contributed by atoms with Crippen LogP contribution in [0.25, 0.3) is 0 Å². The molecule has 0 radical (unpaired) electrons. The second-order valence-electron chi connectivity index (χ2n) is 1.62. The van der Waals surface area contributed by atoms with E-state index in [4.69, 9.17) is 10.2 Å². The summed E-state index contributed by atoms with van der Waals surface area (Å²) in [5.41, 5.74) is 0. The van der Waals surface area contributed by atoms with E-state index in [1.54, 1.807) is 0 Å². The van der Waals surface area contributed by atoms with Crippen molar-refractivity contribution in [3.8, 4) is 0 Å². The lowest BCUT2D eigenvalue weighted by Crippen LogP contribution is -2.13. The summed E-state index contributed by atoms with van der Waals surface area (Å²) in [6.45, 7) is 6.00. The topological polar surface area (TPSA) is 91.7 Å². The highest BCUT2D eigenvalue weighted by molar-refractivity contribution is 6.32. The van der Waals surface area contributed by atoms with Crippen molar-refractivity contribution in [1.82, 2.24) is 0 Å². The van der Waals surface area contributed by atoms with Gasteiger partial charge in [0, 0.05) is 6.42 Å². The molecule has 68 valence electrons. The molecule has 0 saturated carbocycles. The van der Waals surface area contributed by atoms with Gasteiger partial charge in [-0.2, -0.15) is 0 Å². The molecule has 0 aromatic heterocycles. The molecule has 0 bridgehead atoms. The van der Waals surface area contributed by atoms with Gasteiger partial charge in [-0.1, -0.05) is 0 Å². The van der Waals surface area contributed by atoms with Crippen molar-refractivity contribution in [2.75, 3.05) is 0 Å². The second-order valence-corrected chi connectivity index (χ2v) is 1.62. The van der Waals surface area contributed by atoms with Crippen LogP contribution in [-0.2, 0) is 14.4 Å². The van der Waals surface area contributed by atoms with Crippen molar-refractivity contribution in [3.05, 3.63) is 13.2 Å². The number of ketones is 1. The number of Topliss-reactive ketones (excluding diaryl/α,β-unsaturated/α-hetero) is 1. The molecule has 0 amide bonds. The first kappa shape index (κ1) is 13.0. The Balaban J connectivity index is 0. The van der Waals surface area contributed by atoms with E-state index >= 15 is 0 Å². The summed E-state index contributed by atoms with van der Waals surface area (Å²) in [5.74, 6) is -3.82. The van der Waals surface area contributed by atoms with Gasteiger partial charge in [-0.3, -0.25) is 9.59 Å². The van der Waals surface area contributed by atoms with Crippen LogP contribution in [0.1, 0.15) is 12.8 Å². The molecule has 0 aliphatic carbocycles. The van der Waals surface area contributed by atoms with Crippen LogP contribution >= 0.6 is 0 Å². The van der Waals surface area contributed by atoms with Crippen molar-refractivity contribution < 1.29 is 24.6 Å². The van der Waals surface area contributed by atoms with Crippen LogP contribution < -0.4 is 0 Å². The Labute approximate surface area is 69.3 Å². The first-order valence-corrected chi connectivity index (χ1v) is 3.02. The molecule has 0 spiro atoms. The molecule has 0 aromatic rings. The number of carboxylic acids is 2. The highest BCUT2D eigenvalue weighted by atomic mass is 16.4. The Hall–Kier alpha value is -1.65. The maximum absolute atomic E-state index is 10.2. The summed E-state index contributed by atoms with van der Waals surface area (Å²) < 4.78 is 0. The minimum atomic E-state index is -1.58. The number of hydrogen-bond acceptors (Lipinski definition) is 3. The summed E-state index contributed by atoms with van der Waals surface area (Å²) in [6, 6.07) is 0. The van der Waals surface area contributed by atoms with Crippen LogP contribution in [0.2, 0.25) is 0 Å². The monoisotopic (exact) mass is 174 g/mol. The zero-order valence-corrected chi connectivity index (χ0v) is 6.45. The lowest BCUT2D eigenvalue weighted by atomic mass is 10.2. The molecule has 0 aliphatic rings. The van der Waals surface area contributed by atoms with E-state index in [2.05, 4.69) is 13.2 Å². The van der Waals surface area contributed by atoms with Gasteiger partial charge in [0.1, 0.15) is 0 Å². The zero-order valence-electron chi connectivity index (χ0n) is 6.45. The first-order chi connectivity index (χ1) is 5.54. The van der Waals surface area contributed by atoms with Crippen LogP contribution in [0.15, 0.2) is 13.2 Å². The van der Waals surface area contributed by atoms with Gasteiger partial charge >= 0.3 is 11.9 Å². The Bertz CT molecular complexity index is 184. The Morgan fingerprint density at radius 1 is 1.00 bits per heavy atom. The molecule has 0 heterocycles. The molecular formula is C7H10O5. The largest absolute Gasteiger partial charge is 0.481 e. The van der Waals surface area contributed by atoms with Gasteiger partial charge in [0.25, 0.3) is 0 Å². The lowest BCUT2D eigenvalue weighted by molar-refractivity contribution is -0.149. The third kappa shape index (κ3) is 8.35. The van der Waals surface area contributed by atoms with Gasteiger partial charge in [0.15, 0.2) is 0 Å². The number of aliphatic carboxylic acids is 2. The highest BCUT2D eigenvalue weighted by Crippen LogP contribution is 1.89. The van der Waals surface area contributed by atoms with Crippen LogP contribution in [0.5, 0.6) is 0 Å². The summed E-state index contributed by atoms with van der Waals surface area (Å²) in [7, 11) is 0. The van der Waals surface area contributed by atoms with Crippen molar-refractivity contribution in [2.24, 2.45) is 0 Å². The average Bonchev–Trinajstić information content (AvgIpc) is 2.03. The smallest absolute Gasteiger partial charge is 0.372 e. The zero-order chi connectivity index (χ0) is 10.1. The Kier molecular flexibility index (Phi) is 8.06. The number of carboxylic acid groups (broad SMARTS) is 2. The second kappa shape index (κ2) is 7.46.